The Kier molecular flexibility index (Phi) is 16.0. The molecule has 0 unspecified atom stereocenters. The van der Waals surface area contributed by atoms with Crippen LogP contribution in [0, 0.1) is 5.41 Å². The number of thioether (sulfide) groups is 3. The Morgan fingerprint density at radius 3 is 1.00 bits per heavy atom. The maximum absolute atomic E-state index is 13.0. The summed E-state index contributed by atoms with van der Waals surface area (Å²) in [7, 11) is 0. The minimum absolute atomic E-state index is 0.0511. The van der Waals surface area contributed by atoms with E-state index in [9.17, 15) is 28.8 Å². The molecule has 9 nitrogen and oxygen atoms in total. The molecule has 0 aromatic heterocycles. The van der Waals surface area contributed by atoms with Gasteiger partial charge in [0.25, 0.3) is 0 Å². The molecule has 0 atom stereocenters. The van der Waals surface area contributed by atoms with Gasteiger partial charge in [0, 0.05) is 33.9 Å². The van der Waals surface area contributed by atoms with Gasteiger partial charge in [-0.2, -0.15) is 0 Å². The van der Waals surface area contributed by atoms with Crippen molar-refractivity contribution in [3.8, 4) is 0 Å². The lowest BCUT2D eigenvalue weighted by atomic mass is 9.88. The molecule has 0 aliphatic rings. The van der Waals surface area contributed by atoms with E-state index in [1.807, 2.05) is 116 Å². The summed E-state index contributed by atoms with van der Waals surface area (Å²) >= 11 is 3.08. The molecule has 60 heavy (non-hydrogen) atoms. The van der Waals surface area contributed by atoms with E-state index >= 15 is 0 Å². The number of carbonyl (C=O) groups is 6. The van der Waals surface area contributed by atoms with Crippen molar-refractivity contribution >= 4 is 101 Å². The van der Waals surface area contributed by atoms with Gasteiger partial charge in [-0.1, -0.05) is 151 Å². The van der Waals surface area contributed by atoms with Gasteiger partial charge in [0.15, 0.2) is 0 Å². The summed E-state index contributed by atoms with van der Waals surface area (Å²) in [5.74, 6) is -1.11. The van der Waals surface area contributed by atoms with Gasteiger partial charge in [0.2, 0.25) is 15.3 Å². The second-order valence-electron chi connectivity index (χ2n) is 14.1. The van der Waals surface area contributed by atoms with Crippen LogP contribution in [-0.2, 0) is 28.6 Å². The molecule has 0 radical (unpaired) electrons. The molecule has 6 rings (SSSR count). The first kappa shape index (κ1) is 44.1. The third-order valence-electron chi connectivity index (χ3n) is 10.0. The van der Waals surface area contributed by atoms with Crippen molar-refractivity contribution in [1.82, 2.24) is 0 Å². The molecule has 12 heteroatoms. The Morgan fingerprint density at radius 1 is 0.417 bits per heavy atom. The van der Waals surface area contributed by atoms with Gasteiger partial charge in [-0.3, -0.25) is 28.8 Å². The maximum atomic E-state index is 13.0. The quantitative estimate of drug-likeness (QED) is 0.0568. The number of carbonyl (C=O) groups excluding carboxylic acids is 6. The maximum Gasteiger partial charge on any atom is 0.306 e. The number of rotatable bonds is 19. The molecule has 0 N–H and O–H groups in total. The first-order valence-corrected chi connectivity index (χ1v) is 22.5. The number of benzene rings is 6. The first-order chi connectivity index (χ1) is 29.2. The largest absolute Gasteiger partial charge is 0.465 e. The van der Waals surface area contributed by atoms with Gasteiger partial charge in [-0.05, 0) is 56.9 Å². The number of esters is 3. The number of hydrogen-bond donors (Lipinski definition) is 0. The van der Waals surface area contributed by atoms with Crippen molar-refractivity contribution in [3.05, 3.63) is 144 Å². The molecule has 0 saturated carbocycles. The van der Waals surface area contributed by atoms with E-state index in [1.165, 1.54) is 0 Å². The Labute approximate surface area is 361 Å². The molecule has 0 bridgehead atoms. The fourth-order valence-electron chi connectivity index (χ4n) is 6.47. The highest BCUT2D eigenvalue weighted by molar-refractivity contribution is 8.14. The van der Waals surface area contributed by atoms with Crippen LogP contribution in [-0.4, -0.2) is 70.3 Å². The molecule has 0 heterocycles. The average Bonchev–Trinajstić information content (AvgIpc) is 3.28. The molecule has 0 fully saturated rings. The third-order valence-corrected chi connectivity index (χ3v) is 12.7. The predicted molar refractivity (Wildman–Crippen MR) is 242 cm³/mol. The zero-order valence-corrected chi connectivity index (χ0v) is 35.5. The summed E-state index contributed by atoms with van der Waals surface area (Å²) in [6, 6.07) is 39.3. The minimum atomic E-state index is -1.08. The van der Waals surface area contributed by atoms with Crippen molar-refractivity contribution < 1.29 is 43.0 Å². The summed E-state index contributed by atoms with van der Waals surface area (Å²) < 4.78 is 17.0. The van der Waals surface area contributed by atoms with Crippen LogP contribution in [0.2, 0.25) is 0 Å². The first-order valence-electron chi connectivity index (χ1n) is 19.6. The van der Waals surface area contributed by atoms with E-state index in [1.54, 1.807) is 18.2 Å². The van der Waals surface area contributed by atoms with Crippen LogP contribution in [0.25, 0.3) is 32.3 Å². The highest BCUT2D eigenvalue weighted by atomic mass is 32.2. The molecular formula is C48H44O9S3. The minimum Gasteiger partial charge on any atom is -0.465 e. The van der Waals surface area contributed by atoms with Crippen LogP contribution in [0.5, 0.6) is 0 Å². The Balaban J connectivity index is 1.02. The zero-order valence-electron chi connectivity index (χ0n) is 33.1. The molecule has 308 valence electrons. The van der Waals surface area contributed by atoms with E-state index in [0.717, 1.165) is 67.6 Å². The van der Waals surface area contributed by atoms with Crippen molar-refractivity contribution in [3.63, 3.8) is 0 Å². The van der Waals surface area contributed by atoms with Crippen molar-refractivity contribution in [1.29, 1.82) is 0 Å². The van der Waals surface area contributed by atoms with Gasteiger partial charge in [0.05, 0.1) is 24.7 Å². The van der Waals surface area contributed by atoms with E-state index < -0.39 is 23.3 Å². The lowest BCUT2D eigenvalue weighted by Gasteiger charge is -2.31. The molecule has 6 aromatic carbocycles. The van der Waals surface area contributed by atoms with Crippen LogP contribution in [0.15, 0.2) is 127 Å². The second kappa shape index (κ2) is 21.7. The van der Waals surface area contributed by atoms with Gasteiger partial charge >= 0.3 is 17.9 Å². The van der Waals surface area contributed by atoms with Crippen LogP contribution in [0.3, 0.4) is 0 Å². The highest BCUT2D eigenvalue weighted by Crippen LogP contribution is 2.28. The lowest BCUT2D eigenvalue weighted by Crippen LogP contribution is -2.39. The van der Waals surface area contributed by atoms with Gasteiger partial charge < -0.3 is 14.2 Å². The fourth-order valence-corrected chi connectivity index (χ4v) is 8.84. The summed E-state index contributed by atoms with van der Waals surface area (Å²) in [5.41, 5.74) is 0.610. The second-order valence-corrected chi connectivity index (χ2v) is 17.3. The third kappa shape index (κ3) is 11.9. The SMILES string of the molecule is CCC(COC(=O)CCSC(=O)c1cccc2ccccc12)(COC(=O)CCSC(=O)c1cccc2ccccc12)COC(=O)CCSC(=O)c1cccc2ccccc12. The number of hydrogen-bond acceptors (Lipinski definition) is 12. The molecular weight excluding hydrogens is 817 g/mol. The smallest absolute Gasteiger partial charge is 0.306 e. The number of ether oxygens (including phenoxy) is 3. The van der Waals surface area contributed by atoms with E-state index in [0.29, 0.717) is 23.1 Å². The standard InChI is InChI=1S/C48H44O9S3/c1-2-48(30-55-42(49)24-27-58-45(52)39-21-9-15-33-12-3-6-18-36(33)39,31-56-43(50)25-28-59-46(53)40-22-10-16-34-13-4-7-19-37(34)40)32-57-44(51)26-29-60-47(54)41-23-11-17-35-14-5-8-20-38(35)41/h3-23H,2,24-32H2,1H3. The molecule has 0 spiro atoms. The molecule has 0 amide bonds. The van der Waals surface area contributed by atoms with Crippen molar-refractivity contribution in [2.75, 3.05) is 37.1 Å². The summed E-state index contributed by atoms with van der Waals surface area (Å²) in [4.78, 5) is 78.1. The van der Waals surface area contributed by atoms with E-state index in [2.05, 4.69) is 0 Å². The number of fused-ring (bicyclic) bond motifs is 3. The monoisotopic (exact) mass is 860 g/mol. The molecule has 6 aromatic rings. The Bertz CT molecular complexity index is 2230. The van der Waals surface area contributed by atoms with Gasteiger partial charge in [0.1, 0.15) is 19.8 Å². The van der Waals surface area contributed by atoms with Crippen LogP contribution < -0.4 is 0 Å². The Hall–Kier alpha value is -5.43. The molecule has 0 aliphatic carbocycles. The zero-order chi connectivity index (χ0) is 42.3. The highest BCUT2D eigenvalue weighted by Gasteiger charge is 2.34. The molecule has 0 aliphatic heterocycles. The topological polar surface area (TPSA) is 130 Å². The summed E-state index contributed by atoms with van der Waals surface area (Å²) in [5, 5.41) is 4.87. The van der Waals surface area contributed by atoms with Crippen molar-refractivity contribution in [2.45, 2.75) is 32.6 Å². The van der Waals surface area contributed by atoms with E-state index in [-0.39, 0.29) is 71.7 Å². The lowest BCUT2D eigenvalue weighted by molar-refractivity contribution is -0.161. The molecule has 0 saturated heterocycles. The van der Waals surface area contributed by atoms with Crippen molar-refractivity contribution in [2.24, 2.45) is 5.41 Å². The summed E-state index contributed by atoms with van der Waals surface area (Å²) in [6.45, 7) is 1.17. The summed E-state index contributed by atoms with van der Waals surface area (Å²) in [6.07, 6.45) is 0.164. The van der Waals surface area contributed by atoms with Crippen LogP contribution in [0.4, 0.5) is 0 Å². The van der Waals surface area contributed by atoms with Crippen LogP contribution >= 0.6 is 35.3 Å². The van der Waals surface area contributed by atoms with Crippen LogP contribution in [0.1, 0.15) is 63.7 Å². The van der Waals surface area contributed by atoms with Gasteiger partial charge in [-0.25, -0.2) is 0 Å². The average molecular weight is 861 g/mol. The van der Waals surface area contributed by atoms with E-state index in [4.69, 9.17) is 14.2 Å². The fraction of sp³-hybridized carbons (Fsp3) is 0.250. The van der Waals surface area contributed by atoms with Gasteiger partial charge in [-0.15, -0.1) is 0 Å². The Morgan fingerprint density at radius 2 is 0.700 bits per heavy atom. The normalized spacial score (nSPS) is 11.3. The predicted octanol–water partition coefficient (Wildman–Crippen LogP) is 10.4.